The lowest BCUT2D eigenvalue weighted by Gasteiger charge is -2.29. The topological polar surface area (TPSA) is 55.9 Å². The number of hydrogen-bond donors (Lipinski definition) is 2. The number of hydrogen-bond acceptors (Lipinski definition) is 3. The number of benzene rings is 2. The van der Waals surface area contributed by atoms with Gasteiger partial charge in [0.2, 0.25) is 5.95 Å². The average molecular weight is 338 g/mol. The molecular formula is C20H23FN4. The smallest absolute Gasteiger partial charge is 0.204 e. The minimum atomic E-state index is -0.217. The second-order valence-electron chi connectivity index (χ2n) is 6.84. The van der Waals surface area contributed by atoms with Crippen LogP contribution in [0, 0.1) is 5.82 Å². The highest BCUT2D eigenvalue weighted by Crippen LogP contribution is 2.25. The molecule has 1 aliphatic carbocycles. The van der Waals surface area contributed by atoms with Crippen molar-refractivity contribution in [2.24, 2.45) is 5.73 Å². The fraction of sp³-hybridized carbons (Fsp3) is 0.350. The average Bonchev–Trinajstić information content (AvgIpc) is 2.95. The van der Waals surface area contributed by atoms with Gasteiger partial charge in [-0.15, -0.1) is 0 Å². The molecule has 4 nitrogen and oxygen atoms in total. The van der Waals surface area contributed by atoms with Crippen LogP contribution in [0.15, 0.2) is 48.5 Å². The van der Waals surface area contributed by atoms with Gasteiger partial charge >= 0.3 is 0 Å². The summed E-state index contributed by atoms with van der Waals surface area (Å²) < 4.78 is 15.7. The lowest BCUT2D eigenvalue weighted by molar-refractivity contribution is 0.401. The highest BCUT2D eigenvalue weighted by atomic mass is 19.1. The van der Waals surface area contributed by atoms with Gasteiger partial charge in [-0.25, -0.2) is 9.37 Å². The Morgan fingerprint density at radius 3 is 2.80 bits per heavy atom. The van der Waals surface area contributed by atoms with Crippen molar-refractivity contribution in [2.75, 3.05) is 5.32 Å². The Labute approximate surface area is 146 Å². The van der Waals surface area contributed by atoms with Crippen molar-refractivity contribution in [1.82, 2.24) is 9.55 Å². The van der Waals surface area contributed by atoms with Gasteiger partial charge in [0.05, 0.1) is 17.6 Å². The van der Waals surface area contributed by atoms with E-state index < -0.39 is 0 Å². The van der Waals surface area contributed by atoms with E-state index in [0.717, 1.165) is 35.4 Å². The van der Waals surface area contributed by atoms with Gasteiger partial charge in [0.15, 0.2) is 0 Å². The molecule has 1 fully saturated rings. The first-order valence-electron chi connectivity index (χ1n) is 8.92. The Kier molecular flexibility index (Phi) is 4.40. The summed E-state index contributed by atoms with van der Waals surface area (Å²) in [6, 6.07) is 15.1. The standard InChI is InChI=1S/C20H23FN4/c21-15-7-5-6-14(12-15)13-25-19-11-4-3-10-18(19)24-20(25)23-17-9-2-1-8-16(17)22/h3-7,10-12,16-17H,1-2,8-9,13,22H2,(H,23,24)/t16-,17-/m0/s1. The predicted octanol–water partition coefficient (Wildman–Crippen LogP) is 3.91. The van der Waals surface area contributed by atoms with Crippen molar-refractivity contribution in [1.29, 1.82) is 0 Å². The van der Waals surface area contributed by atoms with Gasteiger partial charge in [-0.1, -0.05) is 37.1 Å². The van der Waals surface area contributed by atoms with Crippen LogP contribution in [0.4, 0.5) is 10.3 Å². The Balaban J connectivity index is 1.70. The largest absolute Gasteiger partial charge is 0.351 e. The zero-order chi connectivity index (χ0) is 17.2. The fourth-order valence-electron chi connectivity index (χ4n) is 3.67. The van der Waals surface area contributed by atoms with Crippen molar-refractivity contribution in [3.8, 4) is 0 Å². The monoisotopic (exact) mass is 338 g/mol. The molecule has 1 aliphatic rings. The number of nitrogens with zero attached hydrogens (tertiary/aromatic N) is 2. The Morgan fingerprint density at radius 1 is 1.12 bits per heavy atom. The van der Waals surface area contributed by atoms with Crippen LogP contribution in [0.2, 0.25) is 0 Å². The van der Waals surface area contributed by atoms with Gasteiger partial charge < -0.3 is 15.6 Å². The maximum Gasteiger partial charge on any atom is 0.204 e. The summed E-state index contributed by atoms with van der Waals surface area (Å²) in [7, 11) is 0. The number of aromatic nitrogens is 2. The van der Waals surface area contributed by atoms with Crippen molar-refractivity contribution in [3.05, 3.63) is 59.9 Å². The SMILES string of the molecule is N[C@H]1CCCC[C@@H]1Nc1nc2ccccc2n1Cc1cccc(F)c1. The minimum absolute atomic E-state index is 0.149. The van der Waals surface area contributed by atoms with E-state index in [1.54, 1.807) is 12.1 Å². The molecule has 1 heterocycles. The van der Waals surface area contributed by atoms with E-state index in [1.165, 1.54) is 18.9 Å². The molecule has 0 amide bonds. The molecule has 0 unspecified atom stereocenters. The summed E-state index contributed by atoms with van der Waals surface area (Å²) in [6.07, 6.45) is 4.49. The molecule has 0 spiro atoms. The summed E-state index contributed by atoms with van der Waals surface area (Å²) in [6.45, 7) is 0.572. The second kappa shape index (κ2) is 6.84. The maximum absolute atomic E-state index is 13.6. The zero-order valence-electron chi connectivity index (χ0n) is 14.2. The summed E-state index contributed by atoms with van der Waals surface area (Å²) in [5.41, 5.74) is 9.19. The summed E-state index contributed by atoms with van der Waals surface area (Å²) in [5, 5.41) is 3.56. The molecule has 2 aromatic carbocycles. The lowest BCUT2D eigenvalue weighted by atomic mass is 9.91. The van der Waals surface area contributed by atoms with Crippen LogP contribution >= 0.6 is 0 Å². The normalized spacial score (nSPS) is 20.7. The molecule has 0 saturated heterocycles. The Hall–Kier alpha value is -2.40. The highest BCUT2D eigenvalue weighted by Gasteiger charge is 2.23. The molecule has 0 bridgehead atoms. The van der Waals surface area contributed by atoms with Crippen molar-refractivity contribution >= 4 is 17.0 Å². The van der Waals surface area contributed by atoms with E-state index in [2.05, 4.69) is 9.88 Å². The summed E-state index contributed by atoms with van der Waals surface area (Å²) in [5.74, 6) is 0.596. The molecule has 1 saturated carbocycles. The van der Waals surface area contributed by atoms with Crippen LogP contribution in [0.3, 0.4) is 0 Å². The number of fused-ring (bicyclic) bond motifs is 1. The molecule has 3 N–H and O–H groups in total. The van der Waals surface area contributed by atoms with Crippen LogP contribution in [0.1, 0.15) is 31.2 Å². The van der Waals surface area contributed by atoms with Crippen LogP contribution < -0.4 is 11.1 Å². The molecule has 2 atom stereocenters. The molecular weight excluding hydrogens is 315 g/mol. The zero-order valence-corrected chi connectivity index (χ0v) is 14.2. The first kappa shape index (κ1) is 16.1. The molecule has 130 valence electrons. The molecule has 0 aliphatic heterocycles. The van der Waals surface area contributed by atoms with E-state index in [9.17, 15) is 4.39 Å². The highest BCUT2D eigenvalue weighted by molar-refractivity contribution is 5.78. The fourth-order valence-corrected chi connectivity index (χ4v) is 3.67. The molecule has 25 heavy (non-hydrogen) atoms. The second-order valence-corrected chi connectivity index (χ2v) is 6.84. The Morgan fingerprint density at radius 2 is 1.96 bits per heavy atom. The number of imidazole rings is 1. The van der Waals surface area contributed by atoms with Crippen molar-refractivity contribution < 1.29 is 4.39 Å². The van der Waals surface area contributed by atoms with Gasteiger partial charge in [-0.05, 0) is 42.7 Å². The third-order valence-corrected chi connectivity index (χ3v) is 5.02. The molecule has 4 rings (SSSR count). The number of halogens is 1. The Bertz CT molecular complexity index is 873. The third-order valence-electron chi connectivity index (χ3n) is 5.02. The van der Waals surface area contributed by atoms with Crippen molar-refractivity contribution in [3.63, 3.8) is 0 Å². The van der Waals surface area contributed by atoms with Gasteiger partial charge in [-0.3, -0.25) is 0 Å². The minimum Gasteiger partial charge on any atom is -0.351 e. The number of nitrogens with one attached hydrogen (secondary N) is 1. The van der Waals surface area contributed by atoms with Gasteiger partial charge in [0.25, 0.3) is 0 Å². The lowest BCUT2D eigenvalue weighted by Crippen LogP contribution is -2.43. The van der Waals surface area contributed by atoms with E-state index in [4.69, 9.17) is 10.7 Å². The molecule has 5 heteroatoms. The van der Waals surface area contributed by atoms with Crippen LogP contribution in [0.5, 0.6) is 0 Å². The third kappa shape index (κ3) is 3.37. The molecule has 3 aromatic rings. The van der Waals surface area contributed by atoms with Gasteiger partial charge in [-0.2, -0.15) is 0 Å². The van der Waals surface area contributed by atoms with Crippen LogP contribution in [-0.2, 0) is 6.54 Å². The number of anilines is 1. The summed E-state index contributed by atoms with van der Waals surface area (Å²) >= 11 is 0. The van der Waals surface area contributed by atoms with Crippen molar-refractivity contribution in [2.45, 2.75) is 44.3 Å². The summed E-state index contributed by atoms with van der Waals surface area (Å²) in [4.78, 5) is 4.76. The van der Waals surface area contributed by atoms with E-state index in [-0.39, 0.29) is 17.9 Å². The number of nitrogens with two attached hydrogens (primary N) is 1. The van der Waals surface area contributed by atoms with Gasteiger partial charge in [0.1, 0.15) is 5.82 Å². The van der Waals surface area contributed by atoms with Crippen LogP contribution in [-0.4, -0.2) is 21.6 Å². The van der Waals surface area contributed by atoms with E-state index in [0.29, 0.717) is 6.54 Å². The molecule has 1 aromatic heterocycles. The predicted molar refractivity (Wildman–Crippen MR) is 99.1 cm³/mol. The quantitative estimate of drug-likeness (QED) is 0.758. The van der Waals surface area contributed by atoms with E-state index in [1.807, 2.05) is 30.3 Å². The first-order valence-corrected chi connectivity index (χ1v) is 8.92. The first-order chi connectivity index (χ1) is 12.2. The number of rotatable bonds is 4. The van der Waals surface area contributed by atoms with E-state index >= 15 is 0 Å². The number of para-hydroxylation sites is 2. The van der Waals surface area contributed by atoms with Gasteiger partial charge in [0, 0.05) is 12.1 Å². The molecule has 0 radical (unpaired) electrons. The van der Waals surface area contributed by atoms with Crippen LogP contribution in [0.25, 0.3) is 11.0 Å². The maximum atomic E-state index is 13.6.